The van der Waals surface area contributed by atoms with E-state index in [0.717, 1.165) is 0 Å². The largest absolute Gasteiger partial charge is 0.496 e. The monoisotopic (exact) mass is 391 g/mol. The lowest BCUT2D eigenvalue weighted by molar-refractivity contribution is -0.152. The van der Waals surface area contributed by atoms with Crippen molar-refractivity contribution in [2.75, 3.05) is 19.0 Å². The van der Waals surface area contributed by atoms with Crippen molar-refractivity contribution in [2.45, 2.75) is 13.0 Å². The Morgan fingerprint density at radius 2 is 1.93 bits per heavy atom. The fraction of sp³-hybridized carbons (Fsp3) is 0.222. The van der Waals surface area contributed by atoms with Crippen LogP contribution in [0, 0.1) is 0 Å². The van der Waals surface area contributed by atoms with Gasteiger partial charge in [-0.3, -0.25) is 14.4 Å². The molecule has 0 spiro atoms. The molecule has 1 aromatic carbocycles. The standard InChI is InChI=1S/C18H18ClN3O5/c1-11(17(24)22-13-7-5-9-20-16(13)19)27-15(23)10-21-18(25)12-6-3-4-8-14(12)26-2/h3-9,11H,10H2,1-2H3,(H,21,25)(H,22,24)/t11-/m0/s1. The van der Waals surface area contributed by atoms with Crippen LogP contribution in [0.15, 0.2) is 42.6 Å². The number of hydrogen-bond acceptors (Lipinski definition) is 6. The SMILES string of the molecule is COc1ccccc1C(=O)NCC(=O)O[C@@H](C)C(=O)Nc1cccnc1Cl. The van der Waals surface area contributed by atoms with Gasteiger partial charge in [0.15, 0.2) is 11.3 Å². The second-order valence-corrected chi connectivity index (χ2v) is 5.70. The quantitative estimate of drug-likeness (QED) is 0.552. The maximum Gasteiger partial charge on any atom is 0.326 e. The van der Waals surface area contributed by atoms with Crippen LogP contribution in [0.3, 0.4) is 0 Å². The van der Waals surface area contributed by atoms with Crippen LogP contribution in [0.25, 0.3) is 0 Å². The van der Waals surface area contributed by atoms with Gasteiger partial charge in [0.1, 0.15) is 12.3 Å². The van der Waals surface area contributed by atoms with Crippen LogP contribution in [-0.4, -0.2) is 42.5 Å². The van der Waals surface area contributed by atoms with Crippen molar-refractivity contribution in [3.05, 3.63) is 53.3 Å². The molecule has 0 unspecified atom stereocenters. The fourth-order valence-electron chi connectivity index (χ4n) is 2.09. The number of ether oxygens (including phenoxy) is 2. The topological polar surface area (TPSA) is 107 Å². The molecule has 9 heteroatoms. The summed E-state index contributed by atoms with van der Waals surface area (Å²) in [6.07, 6.45) is 0.392. The highest BCUT2D eigenvalue weighted by Gasteiger charge is 2.20. The van der Waals surface area contributed by atoms with Crippen LogP contribution in [0.5, 0.6) is 5.75 Å². The molecule has 0 radical (unpaired) electrons. The van der Waals surface area contributed by atoms with Gasteiger partial charge in [0.25, 0.3) is 11.8 Å². The zero-order chi connectivity index (χ0) is 19.8. The Morgan fingerprint density at radius 1 is 1.19 bits per heavy atom. The van der Waals surface area contributed by atoms with Gasteiger partial charge in [0.05, 0.1) is 18.4 Å². The molecule has 0 bridgehead atoms. The second-order valence-electron chi connectivity index (χ2n) is 5.35. The Hall–Kier alpha value is -3.13. The van der Waals surface area contributed by atoms with E-state index < -0.39 is 30.4 Å². The zero-order valence-corrected chi connectivity index (χ0v) is 15.4. The van der Waals surface area contributed by atoms with Gasteiger partial charge in [-0.15, -0.1) is 0 Å². The molecule has 2 amide bonds. The number of pyridine rings is 1. The number of aromatic nitrogens is 1. The molecule has 2 N–H and O–H groups in total. The van der Waals surface area contributed by atoms with E-state index in [9.17, 15) is 14.4 Å². The number of halogens is 1. The molecule has 0 aliphatic rings. The van der Waals surface area contributed by atoms with Gasteiger partial charge in [-0.2, -0.15) is 0 Å². The molecule has 0 saturated carbocycles. The summed E-state index contributed by atoms with van der Waals surface area (Å²) >= 11 is 5.85. The van der Waals surface area contributed by atoms with Crippen molar-refractivity contribution in [3.8, 4) is 5.75 Å². The minimum Gasteiger partial charge on any atom is -0.496 e. The molecule has 2 rings (SSSR count). The number of benzene rings is 1. The molecule has 27 heavy (non-hydrogen) atoms. The first-order valence-corrected chi connectivity index (χ1v) is 8.32. The third kappa shape index (κ3) is 5.68. The van der Waals surface area contributed by atoms with E-state index in [-0.39, 0.29) is 10.7 Å². The number of esters is 1. The van der Waals surface area contributed by atoms with Crippen molar-refractivity contribution in [2.24, 2.45) is 0 Å². The van der Waals surface area contributed by atoms with Crippen LogP contribution in [0.4, 0.5) is 5.69 Å². The molecule has 142 valence electrons. The normalized spacial score (nSPS) is 11.2. The van der Waals surface area contributed by atoms with Gasteiger partial charge in [0, 0.05) is 6.20 Å². The number of nitrogens with one attached hydrogen (secondary N) is 2. The number of nitrogens with zero attached hydrogens (tertiary/aromatic N) is 1. The van der Waals surface area contributed by atoms with E-state index in [1.54, 1.807) is 36.4 Å². The summed E-state index contributed by atoms with van der Waals surface area (Å²) in [5.41, 5.74) is 0.585. The molecular weight excluding hydrogens is 374 g/mol. The number of anilines is 1. The van der Waals surface area contributed by atoms with Gasteiger partial charge in [-0.25, -0.2) is 4.98 Å². The molecule has 1 aromatic heterocycles. The first-order chi connectivity index (χ1) is 12.9. The number of carbonyl (C=O) groups excluding carboxylic acids is 3. The zero-order valence-electron chi connectivity index (χ0n) is 14.7. The van der Waals surface area contributed by atoms with Gasteiger partial charge < -0.3 is 20.1 Å². The third-order valence-corrected chi connectivity index (χ3v) is 3.74. The van der Waals surface area contributed by atoms with E-state index in [1.807, 2.05) is 0 Å². The first kappa shape index (κ1) is 20.2. The summed E-state index contributed by atoms with van der Waals surface area (Å²) in [5, 5.41) is 5.05. The lowest BCUT2D eigenvalue weighted by atomic mass is 10.2. The Bertz CT molecular complexity index is 843. The summed E-state index contributed by atoms with van der Waals surface area (Å²) < 4.78 is 10.1. The molecule has 1 heterocycles. The minimum absolute atomic E-state index is 0.119. The molecule has 0 fully saturated rings. The van der Waals surface area contributed by atoms with Crippen LogP contribution in [-0.2, 0) is 14.3 Å². The van der Waals surface area contributed by atoms with E-state index in [1.165, 1.54) is 20.2 Å². The average Bonchev–Trinajstić information content (AvgIpc) is 2.67. The van der Waals surface area contributed by atoms with Crippen molar-refractivity contribution < 1.29 is 23.9 Å². The summed E-state index contributed by atoms with van der Waals surface area (Å²) in [5.74, 6) is -1.46. The van der Waals surface area contributed by atoms with Gasteiger partial charge in [-0.1, -0.05) is 23.7 Å². The second kappa shape index (κ2) is 9.54. The highest BCUT2D eigenvalue weighted by Crippen LogP contribution is 2.18. The Morgan fingerprint density at radius 3 is 2.63 bits per heavy atom. The fourth-order valence-corrected chi connectivity index (χ4v) is 2.25. The lowest BCUT2D eigenvalue weighted by Gasteiger charge is -2.14. The first-order valence-electron chi connectivity index (χ1n) is 7.94. The Balaban J connectivity index is 1.85. The number of para-hydroxylation sites is 1. The highest BCUT2D eigenvalue weighted by atomic mass is 35.5. The number of amides is 2. The predicted octanol–water partition coefficient (Wildman–Crippen LogP) is 2.04. The van der Waals surface area contributed by atoms with E-state index in [2.05, 4.69) is 15.6 Å². The summed E-state index contributed by atoms with van der Waals surface area (Å²) in [6, 6.07) is 9.75. The lowest BCUT2D eigenvalue weighted by Crippen LogP contribution is -2.36. The summed E-state index contributed by atoms with van der Waals surface area (Å²) in [6.45, 7) is 1.00. The third-order valence-electron chi connectivity index (χ3n) is 3.44. The van der Waals surface area contributed by atoms with Crippen LogP contribution in [0.2, 0.25) is 5.15 Å². The minimum atomic E-state index is -1.09. The number of rotatable bonds is 7. The molecule has 2 aromatic rings. The average molecular weight is 392 g/mol. The van der Waals surface area contributed by atoms with Crippen molar-refractivity contribution in [1.29, 1.82) is 0 Å². The molecule has 0 aliphatic carbocycles. The molecule has 0 saturated heterocycles. The molecule has 0 aliphatic heterocycles. The smallest absolute Gasteiger partial charge is 0.326 e. The van der Waals surface area contributed by atoms with E-state index >= 15 is 0 Å². The van der Waals surface area contributed by atoms with E-state index in [4.69, 9.17) is 21.1 Å². The Labute approximate surface area is 160 Å². The summed E-state index contributed by atoms with van der Waals surface area (Å²) in [4.78, 5) is 39.9. The maximum absolute atomic E-state index is 12.1. The number of methoxy groups -OCH3 is 1. The molecule has 1 atom stereocenters. The van der Waals surface area contributed by atoms with Crippen molar-refractivity contribution in [3.63, 3.8) is 0 Å². The van der Waals surface area contributed by atoms with Gasteiger partial charge in [-0.05, 0) is 31.2 Å². The van der Waals surface area contributed by atoms with Gasteiger partial charge >= 0.3 is 5.97 Å². The van der Waals surface area contributed by atoms with Gasteiger partial charge in [0.2, 0.25) is 0 Å². The van der Waals surface area contributed by atoms with Crippen LogP contribution < -0.4 is 15.4 Å². The Kier molecular flexibility index (Phi) is 7.13. The van der Waals surface area contributed by atoms with Crippen LogP contribution in [0.1, 0.15) is 17.3 Å². The van der Waals surface area contributed by atoms with Crippen molar-refractivity contribution in [1.82, 2.24) is 10.3 Å². The van der Waals surface area contributed by atoms with Crippen molar-refractivity contribution >= 4 is 35.1 Å². The number of carbonyl (C=O) groups is 3. The number of hydrogen-bond donors (Lipinski definition) is 2. The molecule has 8 nitrogen and oxygen atoms in total. The van der Waals surface area contributed by atoms with Crippen LogP contribution >= 0.6 is 11.6 Å². The maximum atomic E-state index is 12.1. The molecular formula is C18H18ClN3O5. The summed E-state index contributed by atoms with van der Waals surface area (Å²) in [7, 11) is 1.44. The van der Waals surface area contributed by atoms with E-state index in [0.29, 0.717) is 11.4 Å². The predicted molar refractivity (Wildman–Crippen MR) is 98.8 cm³/mol. The highest BCUT2D eigenvalue weighted by molar-refractivity contribution is 6.32.